The van der Waals surface area contributed by atoms with Crippen LogP contribution in [0.2, 0.25) is 0 Å². The first kappa shape index (κ1) is 22.0. The number of anilines is 1. The molecule has 144 valence electrons. The second kappa shape index (κ2) is 15.3. The monoisotopic (exact) mass is 346 g/mol. The van der Waals surface area contributed by atoms with Crippen molar-refractivity contribution in [2.45, 2.75) is 91.5 Å². The number of nitrogens with one attached hydrogen (secondary N) is 1. The maximum Gasteiger partial charge on any atom is 0.0366 e. The standard InChI is InChI=1S/C23H42N2/c1-4-7-10-12-19-25(20-13-11-8-5-2)23-16-14-22(15-17-23)21-24-18-9-6-3/h14-17,24H,4-13,18-21H2,1-3H3. The van der Waals surface area contributed by atoms with Crippen LogP contribution >= 0.6 is 0 Å². The Balaban J connectivity index is 2.50. The highest BCUT2D eigenvalue weighted by atomic mass is 15.1. The molecular weight excluding hydrogens is 304 g/mol. The Labute approximate surface area is 157 Å². The summed E-state index contributed by atoms with van der Waals surface area (Å²) in [4.78, 5) is 2.61. The maximum absolute atomic E-state index is 3.53. The Kier molecular flexibility index (Phi) is 13.4. The first-order valence-corrected chi connectivity index (χ1v) is 10.9. The molecule has 1 aromatic carbocycles. The molecule has 0 aliphatic heterocycles. The Bertz CT molecular complexity index is 387. The van der Waals surface area contributed by atoms with Crippen LogP contribution < -0.4 is 10.2 Å². The van der Waals surface area contributed by atoms with Gasteiger partial charge in [-0.1, -0.05) is 77.8 Å². The molecular formula is C23H42N2. The van der Waals surface area contributed by atoms with Crippen LogP contribution in [0.5, 0.6) is 0 Å². The third kappa shape index (κ3) is 10.5. The summed E-state index contributed by atoms with van der Waals surface area (Å²) in [6.07, 6.45) is 13.3. The topological polar surface area (TPSA) is 15.3 Å². The number of hydrogen-bond donors (Lipinski definition) is 1. The molecule has 1 rings (SSSR count). The van der Waals surface area contributed by atoms with E-state index in [1.807, 2.05) is 0 Å². The molecule has 1 aromatic rings. The van der Waals surface area contributed by atoms with E-state index in [1.165, 1.54) is 88.5 Å². The molecule has 0 atom stereocenters. The van der Waals surface area contributed by atoms with Crippen LogP contribution in [0.3, 0.4) is 0 Å². The van der Waals surface area contributed by atoms with Gasteiger partial charge in [-0.25, -0.2) is 0 Å². The molecule has 0 radical (unpaired) electrons. The molecule has 0 spiro atoms. The lowest BCUT2D eigenvalue weighted by atomic mass is 10.1. The molecule has 0 fully saturated rings. The lowest BCUT2D eigenvalue weighted by molar-refractivity contribution is 0.608. The molecule has 0 aliphatic carbocycles. The Hall–Kier alpha value is -1.02. The molecule has 1 N–H and O–H groups in total. The second-order valence-electron chi connectivity index (χ2n) is 7.31. The molecule has 0 aromatic heterocycles. The third-order valence-electron chi connectivity index (χ3n) is 4.90. The summed E-state index contributed by atoms with van der Waals surface area (Å²) in [6, 6.07) is 9.27. The Morgan fingerprint density at radius 3 is 1.76 bits per heavy atom. The van der Waals surface area contributed by atoms with Crippen molar-refractivity contribution in [3.8, 4) is 0 Å². The van der Waals surface area contributed by atoms with Crippen LogP contribution in [0.1, 0.15) is 90.5 Å². The van der Waals surface area contributed by atoms with Crippen molar-refractivity contribution in [1.29, 1.82) is 0 Å². The van der Waals surface area contributed by atoms with E-state index in [2.05, 4.69) is 55.3 Å². The lowest BCUT2D eigenvalue weighted by Crippen LogP contribution is -2.25. The summed E-state index contributed by atoms with van der Waals surface area (Å²) in [5.41, 5.74) is 2.81. The number of rotatable bonds is 16. The van der Waals surface area contributed by atoms with Crippen LogP contribution in [0, 0.1) is 0 Å². The summed E-state index contributed by atoms with van der Waals surface area (Å²) >= 11 is 0. The zero-order valence-corrected chi connectivity index (χ0v) is 17.2. The molecule has 2 heteroatoms. The molecule has 0 aliphatic rings. The van der Waals surface area contributed by atoms with Crippen LogP contribution in [-0.2, 0) is 6.54 Å². The second-order valence-corrected chi connectivity index (χ2v) is 7.31. The smallest absolute Gasteiger partial charge is 0.0366 e. The fourth-order valence-corrected chi connectivity index (χ4v) is 3.19. The number of benzene rings is 1. The third-order valence-corrected chi connectivity index (χ3v) is 4.90. The van der Waals surface area contributed by atoms with Crippen molar-refractivity contribution < 1.29 is 0 Å². The van der Waals surface area contributed by atoms with E-state index in [4.69, 9.17) is 0 Å². The SMILES string of the molecule is CCCCCCN(CCCCCC)c1ccc(CNCCCC)cc1. The minimum absolute atomic E-state index is 0.993. The van der Waals surface area contributed by atoms with Gasteiger partial charge >= 0.3 is 0 Å². The molecule has 0 saturated heterocycles. The van der Waals surface area contributed by atoms with Crippen molar-refractivity contribution in [2.75, 3.05) is 24.5 Å². The summed E-state index contributed by atoms with van der Waals surface area (Å²) in [5.74, 6) is 0. The van der Waals surface area contributed by atoms with E-state index in [0.717, 1.165) is 13.1 Å². The fraction of sp³-hybridized carbons (Fsp3) is 0.739. The Morgan fingerprint density at radius 1 is 0.680 bits per heavy atom. The number of nitrogens with zero attached hydrogens (tertiary/aromatic N) is 1. The van der Waals surface area contributed by atoms with Gasteiger partial charge in [0, 0.05) is 25.3 Å². The van der Waals surface area contributed by atoms with Gasteiger partial charge in [0.25, 0.3) is 0 Å². The van der Waals surface area contributed by atoms with Gasteiger partial charge in [-0.2, -0.15) is 0 Å². The molecule has 2 nitrogen and oxygen atoms in total. The largest absolute Gasteiger partial charge is 0.372 e. The summed E-state index contributed by atoms with van der Waals surface area (Å²) in [7, 11) is 0. The zero-order chi connectivity index (χ0) is 18.2. The molecule has 0 saturated carbocycles. The molecule has 0 heterocycles. The fourth-order valence-electron chi connectivity index (χ4n) is 3.19. The molecule has 25 heavy (non-hydrogen) atoms. The molecule has 0 unspecified atom stereocenters. The average Bonchev–Trinajstić information content (AvgIpc) is 2.64. The predicted octanol–water partition coefficient (Wildman–Crippen LogP) is 6.54. The van der Waals surface area contributed by atoms with Crippen molar-refractivity contribution in [3.05, 3.63) is 29.8 Å². The van der Waals surface area contributed by atoms with Gasteiger partial charge in [0.2, 0.25) is 0 Å². The van der Waals surface area contributed by atoms with Crippen molar-refractivity contribution in [2.24, 2.45) is 0 Å². The highest BCUT2D eigenvalue weighted by molar-refractivity contribution is 5.47. The minimum atomic E-state index is 0.993. The van der Waals surface area contributed by atoms with Gasteiger partial charge < -0.3 is 10.2 Å². The average molecular weight is 347 g/mol. The van der Waals surface area contributed by atoms with Crippen molar-refractivity contribution in [1.82, 2.24) is 5.32 Å². The predicted molar refractivity (Wildman–Crippen MR) is 114 cm³/mol. The van der Waals surface area contributed by atoms with Gasteiger partial charge in [0.1, 0.15) is 0 Å². The highest BCUT2D eigenvalue weighted by Gasteiger charge is 2.06. The normalized spacial score (nSPS) is 11.0. The van der Waals surface area contributed by atoms with E-state index in [0.29, 0.717) is 0 Å². The van der Waals surface area contributed by atoms with E-state index < -0.39 is 0 Å². The first-order valence-electron chi connectivity index (χ1n) is 10.9. The molecule has 0 bridgehead atoms. The highest BCUT2D eigenvalue weighted by Crippen LogP contribution is 2.18. The van der Waals surface area contributed by atoms with Crippen molar-refractivity contribution >= 4 is 5.69 Å². The lowest BCUT2D eigenvalue weighted by Gasteiger charge is -2.25. The van der Waals surface area contributed by atoms with Crippen molar-refractivity contribution in [3.63, 3.8) is 0 Å². The van der Waals surface area contributed by atoms with Crippen LogP contribution in [0.4, 0.5) is 5.69 Å². The summed E-state index contributed by atoms with van der Waals surface area (Å²) in [5, 5.41) is 3.53. The summed E-state index contributed by atoms with van der Waals surface area (Å²) in [6.45, 7) is 11.4. The van der Waals surface area contributed by atoms with E-state index in [-0.39, 0.29) is 0 Å². The van der Waals surface area contributed by atoms with Gasteiger partial charge in [-0.15, -0.1) is 0 Å². The zero-order valence-electron chi connectivity index (χ0n) is 17.2. The van der Waals surface area contributed by atoms with Gasteiger partial charge in [0.05, 0.1) is 0 Å². The van der Waals surface area contributed by atoms with Gasteiger partial charge in [-0.3, -0.25) is 0 Å². The van der Waals surface area contributed by atoms with E-state index in [9.17, 15) is 0 Å². The number of hydrogen-bond acceptors (Lipinski definition) is 2. The van der Waals surface area contributed by atoms with Crippen LogP contribution in [-0.4, -0.2) is 19.6 Å². The first-order chi connectivity index (χ1) is 12.3. The summed E-state index contributed by atoms with van der Waals surface area (Å²) < 4.78 is 0. The Morgan fingerprint density at radius 2 is 1.24 bits per heavy atom. The van der Waals surface area contributed by atoms with E-state index >= 15 is 0 Å². The quantitative estimate of drug-likeness (QED) is 0.342. The van der Waals surface area contributed by atoms with E-state index in [1.54, 1.807) is 0 Å². The van der Waals surface area contributed by atoms with Crippen LogP contribution in [0.25, 0.3) is 0 Å². The molecule has 0 amide bonds. The number of unbranched alkanes of at least 4 members (excludes halogenated alkanes) is 7. The van der Waals surface area contributed by atoms with Gasteiger partial charge in [0.15, 0.2) is 0 Å². The van der Waals surface area contributed by atoms with Gasteiger partial charge in [-0.05, 0) is 43.5 Å². The minimum Gasteiger partial charge on any atom is -0.372 e. The van der Waals surface area contributed by atoms with Crippen LogP contribution in [0.15, 0.2) is 24.3 Å². The maximum atomic E-state index is 3.53.